The molecule has 146 valence electrons. The van der Waals surface area contributed by atoms with Gasteiger partial charge in [0.2, 0.25) is 5.82 Å². The number of nitrogens with one attached hydrogen (secondary N) is 1. The van der Waals surface area contributed by atoms with Crippen molar-refractivity contribution >= 4 is 50.9 Å². The summed E-state index contributed by atoms with van der Waals surface area (Å²) in [4.78, 5) is 20.1. The van der Waals surface area contributed by atoms with Crippen LogP contribution in [0.15, 0.2) is 42.5 Å². The second-order valence-corrected chi connectivity index (χ2v) is 6.97. The predicted octanol–water partition coefficient (Wildman–Crippen LogP) is 3.44. The Morgan fingerprint density at radius 2 is 2.00 bits per heavy atom. The van der Waals surface area contributed by atoms with Crippen molar-refractivity contribution < 1.29 is 18.7 Å². The van der Waals surface area contributed by atoms with Gasteiger partial charge >= 0.3 is 0 Å². The quantitative estimate of drug-likeness (QED) is 0.348. The molecular weight excluding hydrogens is 478 g/mol. The topological polar surface area (TPSA) is 99.4 Å². The Balaban J connectivity index is 1.88. The second kappa shape index (κ2) is 9.60. The molecule has 3 N–H and O–H groups in total. The fraction of sp³-hybridized carbons (Fsp3) is 0.211. The van der Waals surface area contributed by atoms with Gasteiger partial charge in [-0.1, -0.05) is 6.07 Å². The standard InChI is InChI=1S/C19H18FIN4O3/c20-6-7-27-8-9-28-14-4-5-15-16(11-14)24-19(17(22)26)25-18(15)23-13-3-1-2-12(21)10-13/h1-5,10-11H,6-9H2,(H2,22,26)(H,23,24,25). The molecule has 0 saturated heterocycles. The number of nitrogens with zero attached hydrogens (tertiary/aromatic N) is 2. The largest absolute Gasteiger partial charge is 0.491 e. The number of alkyl halides is 1. The number of amides is 1. The predicted molar refractivity (Wildman–Crippen MR) is 113 cm³/mol. The van der Waals surface area contributed by atoms with Crippen LogP contribution in [-0.4, -0.2) is 42.4 Å². The van der Waals surface area contributed by atoms with Crippen molar-refractivity contribution in [1.29, 1.82) is 0 Å². The number of anilines is 2. The Kier molecular flexibility index (Phi) is 6.93. The van der Waals surface area contributed by atoms with Crippen molar-refractivity contribution in [2.75, 3.05) is 31.8 Å². The fourth-order valence-electron chi connectivity index (χ4n) is 2.48. The average Bonchev–Trinajstić information content (AvgIpc) is 2.67. The Bertz CT molecular complexity index is 987. The van der Waals surface area contributed by atoms with Crippen molar-refractivity contribution in [2.24, 2.45) is 5.73 Å². The minimum Gasteiger partial charge on any atom is -0.491 e. The van der Waals surface area contributed by atoms with E-state index in [4.69, 9.17) is 15.2 Å². The molecule has 1 aromatic heterocycles. The molecule has 0 aliphatic heterocycles. The second-order valence-electron chi connectivity index (χ2n) is 5.72. The summed E-state index contributed by atoms with van der Waals surface area (Å²) in [6, 6.07) is 13.0. The molecule has 0 fully saturated rings. The highest BCUT2D eigenvalue weighted by Crippen LogP contribution is 2.27. The first-order valence-corrected chi connectivity index (χ1v) is 9.55. The van der Waals surface area contributed by atoms with Crippen LogP contribution in [0.2, 0.25) is 0 Å². The lowest BCUT2D eigenvalue weighted by Crippen LogP contribution is -2.16. The molecule has 0 spiro atoms. The summed E-state index contributed by atoms with van der Waals surface area (Å²) in [6.07, 6.45) is 0. The van der Waals surface area contributed by atoms with Crippen LogP contribution in [0.5, 0.6) is 5.75 Å². The third kappa shape index (κ3) is 5.26. The lowest BCUT2D eigenvalue weighted by atomic mass is 10.2. The van der Waals surface area contributed by atoms with Gasteiger partial charge < -0.3 is 20.5 Å². The van der Waals surface area contributed by atoms with Crippen LogP contribution in [-0.2, 0) is 4.74 Å². The van der Waals surface area contributed by atoms with Crippen LogP contribution < -0.4 is 15.8 Å². The lowest BCUT2D eigenvalue weighted by molar-refractivity contribution is 0.0897. The van der Waals surface area contributed by atoms with E-state index in [9.17, 15) is 9.18 Å². The maximum atomic E-state index is 12.0. The van der Waals surface area contributed by atoms with E-state index in [-0.39, 0.29) is 25.6 Å². The van der Waals surface area contributed by atoms with Gasteiger partial charge in [0.15, 0.2) is 0 Å². The zero-order chi connectivity index (χ0) is 19.9. The van der Waals surface area contributed by atoms with Crippen LogP contribution in [0.3, 0.4) is 0 Å². The zero-order valence-corrected chi connectivity index (χ0v) is 17.0. The summed E-state index contributed by atoms with van der Waals surface area (Å²) in [5, 5.41) is 3.92. The van der Waals surface area contributed by atoms with Gasteiger partial charge in [-0.05, 0) is 52.9 Å². The third-order valence-corrected chi connectivity index (χ3v) is 4.36. The van der Waals surface area contributed by atoms with E-state index >= 15 is 0 Å². The molecule has 2 aromatic carbocycles. The minimum absolute atomic E-state index is 0.0454. The first-order chi connectivity index (χ1) is 13.6. The number of hydrogen-bond acceptors (Lipinski definition) is 6. The first kappa shape index (κ1) is 20.2. The number of hydrogen-bond donors (Lipinski definition) is 2. The van der Waals surface area contributed by atoms with Gasteiger partial charge in [0.05, 0.1) is 18.7 Å². The highest BCUT2D eigenvalue weighted by atomic mass is 127. The van der Waals surface area contributed by atoms with Crippen LogP contribution >= 0.6 is 22.6 Å². The molecule has 3 rings (SSSR count). The summed E-state index contributed by atoms with van der Waals surface area (Å²) in [5.41, 5.74) is 6.72. The summed E-state index contributed by atoms with van der Waals surface area (Å²) in [7, 11) is 0. The molecular formula is C19H18FIN4O3. The molecule has 0 atom stereocenters. The van der Waals surface area contributed by atoms with E-state index in [0.717, 1.165) is 9.26 Å². The van der Waals surface area contributed by atoms with Crippen LogP contribution in [0.4, 0.5) is 15.9 Å². The molecule has 0 bridgehead atoms. The smallest absolute Gasteiger partial charge is 0.286 e. The number of aromatic nitrogens is 2. The number of ether oxygens (including phenoxy) is 2. The van der Waals surface area contributed by atoms with Gasteiger partial charge in [0.1, 0.15) is 24.8 Å². The fourth-order valence-corrected chi connectivity index (χ4v) is 3.03. The molecule has 1 heterocycles. The molecule has 3 aromatic rings. The van der Waals surface area contributed by atoms with Crippen molar-refractivity contribution in [1.82, 2.24) is 9.97 Å². The Morgan fingerprint density at radius 3 is 2.75 bits per heavy atom. The molecule has 0 aliphatic carbocycles. The van der Waals surface area contributed by atoms with E-state index in [1.807, 2.05) is 24.3 Å². The van der Waals surface area contributed by atoms with Gasteiger partial charge in [-0.25, -0.2) is 14.4 Å². The van der Waals surface area contributed by atoms with E-state index < -0.39 is 12.6 Å². The van der Waals surface area contributed by atoms with Gasteiger partial charge in [-0.2, -0.15) is 0 Å². The van der Waals surface area contributed by atoms with Gasteiger partial charge in [0.25, 0.3) is 5.91 Å². The summed E-state index contributed by atoms with van der Waals surface area (Å²) in [5.74, 6) is 0.201. The number of carbonyl (C=O) groups is 1. The highest BCUT2D eigenvalue weighted by molar-refractivity contribution is 14.1. The van der Waals surface area contributed by atoms with Gasteiger partial charge in [-0.15, -0.1) is 0 Å². The maximum Gasteiger partial charge on any atom is 0.286 e. The molecule has 7 nitrogen and oxygen atoms in total. The number of fused-ring (bicyclic) bond motifs is 1. The number of rotatable bonds is 9. The van der Waals surface area contributed by atoms with Crippen molar-refractivity contribution in [2.45, 2.75) is 0 Å². The molecule has 9 heteroatoms. The number of nitrogens with two attached hydrogens (primary N) is 1. The lowest BCUT2D eigenvalue weighted by Gasteiger charge is -2.12. The Labute approximate surface area is 174 Å². The molecule has 0 saturated carbocycles. The normalized spacial score (nSPS) is 10.8. The van der Waals surface area contributed by atoms with Crippen molar-refractivity contribution in [3.8, 4) is 5.75 Å². The van der Waals surface area contributed by atoms with Crippen molar-refractivity contribution in [3.05, 3.63) is 51.9 Å². The van der Waals surface area contributed by atoms with Crippen LogP contribution in [0, 0.1) is 3.57 Å². The van der Waals surface area contributed by atoms with Crippen LogP contribution in [0.25, 0.3) is 10.9 Å². The van der Waals surface area contributed by atoms with Gasteiger partial charge in [0, 0.05) is 20.7 Å². The summed E-state index contributed by atoms with van der Waals surface area (Å²) < 4.78 is 23.7. The molecule has 1 amide bonds. The minimum atomic E-state index is -0.724. The Morgan fingerprint density at radius 1 is 1.14 bits per heavy atom. The van der Waals surface area contributed by atoms with Crippen LogP contribution in [0.1, 0.15) is 10.6 Å². The SMILES string of the molecule is NC(=O)c1nc(Nc2cccc(I)c2)c2ccc(OCCOCCF)cc2n1. The van der Waals surface area contributed by atoms with E-state index in [1.54, 1.807) is 18.2 Å². The molecule has 0 unspecified atom stereocenters. The average molecular weight is 496 g/mol. The highest BCUT2D eigenvalue weighted by Gasteiger charge is 2.13. The molecule has 0 radical (unpaired) electrons. The number of halogens is 2. The Hall–Kier alpha value is -2.53. The van der Waals surface area contributed by atoms with Gasteiger partial charge in [-0.3, -0.25) is 4.79 Å². The number of primary amides is 1. The summed E-state index contributed by atoms with van der Waals surface area (Å²) in [6.45, 7) is 0.0628. The van der Waals surface area contributed by atoms with E-state index in [1.165, 1.54) is 0 Å². The first-order valence-electron chi connectivity index (χ1n) is 8.47. The zero-order valence-electron chi connectivity index (χ0n) is 14.8. The molecule has 28 heavy (non-hydrogen) atoms. The third-order valence-electron chi connectivity index (χ3n) is 3.69. The number of carbonyl (C=O) groups excluding carboxylic acids is 1. The van der Waals surface area contributed by atoms with E-state index in [0.29, 0.717) is 22.5 Å². The number of benzene rings is 2. The van der Waals surface area contributed by atoms with Crippen molar-refractivity contribution in [3.63, 3.8) is 0 Å². The molecule has 0 aliphatic rings. The monoisotopic (exact) mass is 496 g/mol. The summed E-state index contributed by atoms with van der Waals surface area (Å²) >= 11 is 2.21. The maximum absolute atomic E-state index is 12.0. The van der Waals surface area contributed by atoms with E-state index in [2.05, 4.69) is 37.9 Å².